The summed E-state index contributed by atoms with van der Waals surface area (Å²) in [5.41, 5.74) is -0.261. The number of halogens is 1. The van der Waals surface area contributed by atoms with Crippen molar-refractivity contribution in [3.8, 4) is 5.75 Å². The number of phenolic OH excluding ortho intramolecular Hbond substituents is 1. The Labute approximate surface area is 157 Å². The van der Waals surface area contributed by atoms with Gasteiger partial charge in [0.25, 0.3) is 5.91 Å². The van der Waals surface area contributed by atoms with Gasteiger partial charge in [0.05, 0.1) is 17.2 Å². The van der Waals surface area contributed by atoms with Crippen LogP contribution in [0.15, 0.2) is 39.4 Å². The molecule has 1 atom stereocenters. The molecule has 8 heteroatoms. The average molecular weight is 421 g/mol. The molecular formula is C18H17BrN2O5. The van der Waals surface area contributed by atoms with Crippen molar-refractivity contribution in [3.63, 3.8) is 0 Å². The smallest absolute Gasteiger partial charge is 0.256 e. The summed E-state index contributed by atoms with van der Waals surface area (Å²) in [4.78, 5) is 25.0. The Morgan fingerprint density at radius 2 is 2.12 bits per heavy atom. The van der Waals surface area contributed by atoms with Gasteiger partial charge in [-0.05, 0) is 37.1 Å². The number of ether oxygens (including phenoxy) is 1. The third kappa shape index (κ3) is 4.03. The molecule has 0 spiro atoms. The minimum absolute atomic E-state index is 0.0338. The summed E-state index contributed by atoms with van der Waals surface area (Å²) in [7, 11) is 0. The lowest BCUT2D eigenvalue weighted by atomic mass is 10.0. The topological polar surface area (TPSA) is 113 Å². The number of phenols is 1. The molecule has 0 aliphatic carbocycles. The summed E-state index contributed by atoms with van der Waals surface area (Å²) in [5, 5.41) is 20.4. The molecule has 0 radical (unpaired) electrons. The van der Waals surface area contributed by atoms with E-state index in [2.05, 4.69) is 21.2 Å². The lowest BCUT2D eigenvalue weighted by Crippen LogP contribution is -2.34. The molecule has 0 saturated carbocycles. The monoisotopic (exact) mass is 420 g/mol. The summed E-state index contributed by atoms with van der Waals surface area (Å²) in [6.07, 6.45) is 2.90. The SMILES string of the molecule is N=c1occ(C(=O)c2cc(Br)ccc2O)cc1C(=O)NCC1CCCO1. The summed E-state index contributed by atoms with van der Waals surface area (Å²) in [6.45, 7) is 1.02. The van der Waals surface area contributed by atoms with E-state index < -0.39 is 11.7 Å². The molecule has 3 N–H and O–H groups in total. The molecule has 0 bridgehead atoms. The molecule has 2 aromatic rings. The molecule has 3 rings (SSSR count). The van der Waals surface area contributed by atoms with Gasteiger partial charge in [0.15, 0.2) is 5.78 Å². The highest BCUT2D eigenvalue weighted by Crippen LogP contribution is 2.24. The molecule has 1 aliphatic rings. The van der Waals surface area contributed by atoms with Crippen molar-refractivity contribution in [3.05, 3.63) is 57.2 Å². The minimum atomic E-state index is -0.513. The lowest BCUT2D eigenvalue weighted by molar-refractivity contribution is 0.0853. The van der Waals surface area contributed by atoms with Crippen molar-refractivity contribution in [2.45, 2.75) is 18.9 Å². The summed E-state index contributed by atoms with van der Waals surface area (Å²) in [5.74, 6) is -1.21. The zero-order chi connectivity index (χ0) is 18.7. The van der Waals surface area contributed by atoms with Crippen molar-refractivity contribution >= 4 is 27.6 Å². The van der Waals surface area contributed by atoms with E-state index in [1.165, 1.54) is 18.2 Å². The van der Waals surface area contributed by atoms with Crippen LogP contribution < -0.4 is 10.9 Å². The van der Waals surface area contributed by atoms with Crippen molar-refractivity contribution in [2.75, 3.05) is 13.2 Å². The van der Waals surface area contributed by atoms with Crippen molar-refractivity contribution in [2.24, 2.45) is 0 Å². The standard InChI is InChI=1S/C18H17BrN2O5/c19-11-3-4-15(22)13(7-11)16(23)10-6-14(17(20)26-9-10)18(24)21-8-12-2-1-5-25-12/h3-4,6-7,9,12,20,22H,1-2,5,8H2,(H,21,24). The lowest BCUT2D eigenvalue weighted by Gasteiger charge is -2.11. The van der Waals surface area contributed by atoms with E-state index in [4.69, 9.17) is 14.6 Å². The van der Waals surface area contributed by atoms with Crippen LogP contribution in [-0.4, -0.2) is 36.1 Å². The van der Waals surface area contributed by atoms with Crippen LogP contribution in [0.4, 0.5) is 0 Å². The Morgan fingerprint density at radius 1 is 1.31 bits per heavy atom. The van der Waals surface area contributed by atoms with Gasteiger partial charge >= 0.3 is 0 Å². The molecular weight excluding hydrogens is 404 g/mol. The maximum atomic E-state index is 12.6. The molecule has 7 nitrogen and oxygen atoms in total. The second-order valence-electron chi connectivity index (χ2n) is 5.91. The second kappa shape index (κ2) is 7.84. The molecule has 1 unspecified atom stereocenters. The number of aromatic hydroxyl groups is 1. The third-order valence-electron chi connectivity index (χ3n) is 4.07. The minimum Gasteiger partial charge on any atom is -0.507 e. The first-order chi connectivity index (χ1) is 12.5. The van der Waals surface area contributed by atoms with Gasteiger partial charge in [-0.1, -0.05) is 15.9 Å². The van der Waals surface area contributed by atoms with Crippen molar-refractivity contribution < 1.29 is 23.8 Å². The van der Waals surface area contributed by atoms with Crippen molar-refractivity contribution in [1.29, 1.82) is 5.41 Å². The van der Waals surface area contributed by atoms with Gasteiger partial charge in [0.1, 0.15) is 17.6 Å². The van der Waals surface area contributed by atoms with E-state index >= 15 is 0 Å². The highest BCUT2D eigenvalue weighted by atomic mass is 79.9. The second-order valence-corrected chi connectivity index (χ2v) is 6.83. The quantitative estimate of drug-likeness (QED) is 0.642. The molecule has 1 aromatic carbocycles. The van der Waals surface area contributed by atoms with E-state index in [-0.39, 0.29) is 34.1 Å². The fourth-order valence-electron chi connectivity index (χ4n) is 2.68. The zero-order valence-electron chi connectivity index (χ0n) is 13.8. The van der Waals surface area contributed by atoms with Gasteiger partial charge in [0.2, 0.25) is 5.55 Å². The summed E-state index contributed by atoms with van der Waals surface area (Å²) >= 11 is 3.25. The van der Waals surface area contributed by atoms with E-state index in [1.54, 1.807) is 6.07 Å². The molecule has 136 valence electrons. The first-order valence-electron chi connectivity index (χ1n) is 8.06. The maximum Gasteiger partial charge on any atom is 0.256 e. The van der Waals surface area contributed by atoms with Crippen LogP contribution in [0.3, 0.4) is 0 Å². The largest absolute Gasteiger partial charge is 0.507 e. The molecule has 1 fully saturated rings. The van der Waals surface area contributed by atoms with Gasteiger partial charge in [-0.25, -0.2) is 0 Å². The fraction of sp³-hybridized carbons (Fsp3) is 0.278. The van der Waals surface area contributed by atoms with E-state index in [0.717, 1.165) is 19.1 Å². The van der Waals surface area contributed by atoms with E-state index in [1.807, 2.05) is 0 Å². The fourth-order valence-corrected chi connectivity index (χ4v) is 3.04. The average Bonchev–Trinajstić information content (AvgIpc) is 3.15. The van der Waals surface area contributed by atoms with E-state index in [9.17, 15) is 14.7 Å². The predicted molar refractivity (Wildman–Crippen MR) is 95.1 cm³/mol. The first kappa shape index (κ1) is 18.3. The normalized spacial score (nSPS) is 16.4. The first-order valence-corrected chi connectivity index (χ1v) is 8.85. The Kier molecular flexibility index (Phi) is 5.53. The van der Waals surface area contributed by atoms with Gasteiger partial charge in [-0.3, -0.25) is 15.0 Å². The van der Waals surface area contributed by atoms with Crippen LogP contribution in [0, 0.1) is 5.41 Å². The number of carbonyl (C=O) groups is 2. The van der Waals surface area contributed by atoms with Crippen LogP contribution in [-0.2, 0) is 4.74 Å². The molecule has 1 saturated heterocycles. The van der Waals surface area contributed by atoms with Crippen LogP contribution in [0.25, 0.3) is 0 Å². The Balaban J connectivity index is 1.82. The number of hydrogen-bond acceptors (Lipinski definition) is 6. The molecule has 1 amide bonds. The van der Waals surface area contributed by atoms with Crippen LogP contribution in [0.1, 0.15) is 39.1 Å². The number of benzene rings is 1. The highest BCUT2D eigenvalue weighted by molar-refractivity contribution is 9.10. The number of amides is 1. The Hall–Kier alpha value is -2.45. The van der Waals surface area contributed by atoms with E-state index in [0.29, 0.717) is 17.6 Å². The third-order valence-corrected chi connectivity index (χ3v) is 4.57. The van der Waals surface area contributed by atoms with Gasteiger partial charge in [-0.2, -0.15) is 0 Å². The zero-order valence-corrected chi connectivity index (χ0v) is 15.3. The van der Waals surface area contributed by atoms with Crippen LogP contribution >= 0.6 is 15.9 Å². The maximum absolute atomic E-state index is 12.6. The van der Waals surface area contributed by atoms with Gasteiger partial charge < -0.3 is 19.6 Å². The summed E-state index contributed by atoms with van der Waals surface area (Å²) in [6, 6.07) is 5.76. The van der Waals surface area contributed by atoms with Crippen molar-refractivity contribution in [1.82, 2.24) is 5.32 Å². The Morgan fingerprint density at radius 3 is 2.85 bits per heavy atom. The molecule has 2 heterocycles. The number of nitrogens with one attached hydrogen (secondary N) is 2. The predicted octanol–water partition coefficient (Wildman–Crippen LogP) is 2.37. The van der Waals surface area contributed by atoms with Gasteiger partial charge in [0, 0.05) is 17.6 Å². The Bertz CT molecular complexity index is 903. The van der Waals surface area contributed by atoms with Crippen LogP contribution in [0.2, 0.25) is 0 Å². The number of rotatable bonds is 5. The molecule has 1 aromatic heterocycles. The molecule has 1 aliphatic heterocycles. The number of hydrogen-bond donors (Lipinski definition) is 3. The number of carbonyl (C=O) groups excluding carboxylic acids is 2. The number of ketones is 1. The van der Waals surface area contributed by atoms with Crippen LogP contribution in [0.5, 0.6) is 5.75 Å². The summed E-state index contributed by atoms with van der Waals surface area (Å²) < 4.78 is 11.1. The molecule has 26 heavy (non-hydrogen) atoms. The van der Waals surface area contributed by atoms with Gasteiger partial charge in [-0.15, -0.1) is 0 Å². The highest BCUT2D eigenvalue weighted by Gasteiger charge is 2.20.